The van der Waals surface area contributed by atoms with Crippen LogP contribution in [-0.4, -0.2) is 12.6 Å². The van der Waals surface area contributed by atoms with E-state index < -0.39 is 0 Å². The van der Waals surface area contributed by atoms with Crippen LogP contribution in [0.5, 0.6) is 11.5 Å². The Morgan fingerprint density at radius 3 is 2.28 bits per heavy atom. The molecule has 0 spiro atoms. The number of ether oxygens (including phenoxy) is 2. The first kappa shape index (κ1) is 21.8. The molecule has 1 atom stereocenters. The van der Waals surface area contributed by atoms with Gasteiger partial charge in [-0.05, 0) is 111 Å². The number of hydrogen-bond acceptors (Lipinski definition) is 3. The second-order valence-corrected chi connectivity index (χ2v) is 10.8. The van der Waals surface area contributed by atoms with E-state index >= 15 is 0 Å². The Morgan fingerprint density at radius 2 is 1.62 bits per heavy atom. The standard InChI is InChI=1S/C29H39NO2/c1-4-31-28-14-22(9-10-27(28)32-19-26-8-6-5-7-20(26)2)18-30-21(3)29-15-23-11-24(16-29)13-25(12-23)17-29/h5-10,14,21,23-25,30H,4,11-13,15-19H2,1-3H3. The topological polar surface area (TPSA) is 30.5 Å². The summed E-state index contributed by atoms with van der Waals surface area (Å²) < 4.78 is 12.1. The molecule has 4 saturated carbocycles. The van der Waals surface area contributed by atoms with Gasteiger partial charge in [0.2, 0.25) is 0 Å². The molecule has 0 aromatic heterocycles. The summed E-state index contributed by atoms with van der Waals surface area (Å²) in [7, 11) is 0. The van der Waals surface area contributed by atoms with Gasteiger partial charge >= 0.3 is 0 Å². The molecule has 4 aliphatic carbocycles. The molecule has 4 fully saturated rings. The Balaban J connectivity index is 1.23. The van der Waals surface area contributed by atoms with E-state index in [9.17, 15) is 0 Å². The summed E-state index contributed by atoms with van der Waals surface area (Å²) in [4.78, 5) is 0. The van der Waals surface area contributed by atoms with Gasteiger partial charge in [-0.25, -0.2) is 0 Å². The maximum absolute atomic E-state index is 6.16. The van der Waals surface area contributed by atoms with Crippen LogP contribution in [0.4, 0.5) is 0 Å². The number of benzene rings is 2. The van der Waals surface area contributed by atoms with E-state index in [1.54, 1.807) is 0 Å². The van der Waals surface area contributed by atoms with Gasteiger partial charge in [0, 0.05) is 12.6 Å². The smallest absolute Gasteiger partial charge is 0.161 e. The highest BCUT2D eigenvalue weighted by atomic mass is 16.5. The first-order valence-electron chi connectivity index (χ1n) is 12.7. The third kappa shape index (κ3) is 4.41. The Kier molecular flexibility index (Phi) is 6.20. The van der Waals surface area contributed by atoms with Gasteiger partial charge in [-0.15, -0.1) is 0 Å². The van der Waals surface area contributed by atoms with E-state index in [2.05, 4.69) is 61.6 Å². The average Bonchev–Trinajstić information content (AvgIpc) is 2.77. The molecule has 2 aromatic rings. The van der Waals surface area contributed by atoms with Crippen molar-refractivity contribution in [1.29, 1.82) is 0 Å². The van der Waals surface area contributed by atoms with Gasteiger partial charge in [-0.2, -0.15) is 0 Å². The van der Waals surface area contributed by atoms with Crippen LogP contribution in [0.3, 0.4) is 0 Å². The number of aryl methyl sites for hydroxylation is 1. The first-order valence-corrected chi connectivity index (χ1v) is 12.7. The third-order valence-corrected chi connectivity index (χ3v) is 8.57. The SMILES string of the molecule is CCOc1cc(CNC(C)C23CC4CC(CC(C4)C2)C3)ccc1OCc1ccccc1C. The van der Waals surface area contributed by atoms with Crippen LogP contribution < -0.4 is 14.8 Å². The van der Waals surface area contributed by atoms with Crippen LogP contribution in [0.25, 0.3) is 0 Å². The molecule has 3 heteroatoms. The molecule has 4 bridgehead atoms. The molecule has 6 rings (SSSR count). The lowest BCUT2D eigenvalue weighted by molar-refractivity contribution is -0.0706. The number of hydrogen-bond donors (Lipinski definition) is 1. The predicted molar refractivity (Wildman–Crippen MR) is 130 cm³/mol. The van der Waals surface area contributed by atoms with Crippen molar-refractivity contribution in [2.75, 3.05) is 6.61 Å². The van der Waals surface area contributed by atoms with Crippen LogP contribution in [0.1, 0.15) is 69.1 Å². The lowest BCUT2D eigenvalue weighted by Crippen LogP contribution is -2.54. The van der Waals surface area contributed by atoms with Gasteiger partial charge in [-0.3, -0.25) is 0 Å². The summed E-state index contributed by atoms with van der Waals surface area (Å²) in [6.45, 7) is 8.69. The summed E-state index contributed by atoms with van der Waals surface area (Å²) >= 11 is 0. The Hall–Kier alpha value is -2.00. The average molecular weight is 434 g/mol. The number of nitrogens with one attached hydrogen (secondary N) is 1. The molecular weight excluding hydrogens is 394 g/mol. The van der Waals surface area contributed by atoms with Crippen LogP contribution >= 0.6 is 0 Å². The minimum atomic E-state index is 0.536. The summed E-state index contributed by atoms with van der Waals surface area (Å²) in [5.74, 6) is 4.68. The maximum Gasteiger partial charge on any atom is 0.161 e. The molecule has 4 aliphatic rings. The molecule has 0 amide bonds. The van der Waals surface area contributed by atoms with E-state index in [1.165, 1.54) is 55.2 Å². The summed E-state index contributed by atoms with van der Waals surface area (Å²) in [5, 5.41) is 3.91. The van der Waals surface area contributed by atoms with Crippen LogP contribution in [-0.2, 0) is 13.2 Å². The summed E-state index contributed by atoms with van der Waals surface area (Å²) in [6.07, 6.45) is 8.87. The van der Waals surface area contributed by atoms with Gasteiger partial charge in [0.05, 0.1) is 6.61 Å². The van der Waals surface area contributed by atoms with Gasteiger partial charge in [0.25, 0.3) is 0 Å². The second-order valence-electron chi connectivity index (χ2n) is 10.8. The van der Waals surface area contributed by atoms with Crippen molar-refractivity contribution >= 4 is 0 Å². The highest BCUT2D eigenvalue weighted by Crippen LogP contribution is 2.61. The Morgan fingerprint density at radius 1 is 0.938 bits per heavy atom. The number of rotatable bonds is 9. The Bertz CT molecular complexity index is 901. The molecule has 0 saturated heterocycles. The minimum Gasteiger partial charge on any atom is -0.490 e. The zero-order chi connectivity index (χ0) is 22.1. The van der Waals surface area contributed by atoms with Crippen LogP contribution in [0.2, 0.25) is 0 Å². The third-order valence-electron chi connectivity index (χ3n) is 8.57. The van der Waals surface area contributed by atoms with Crippen LogP contribution in [0, 0.1) is 30.1 Å². The zero-order valence-corrected chi connectivity index (χ0v) is 20.0. The summed E-state index contributed by atoms with van der Waals surface area (Å²) in [5.41, 5.74) is 4.27. The zero-order valence-electron chi connectivity index (χ0n) is 20.0. The van der Waals surface area contributed by atoms with E-state index in [0.29, 0.717) is 24.7 Å². The monoisotopic (exact) mass is 433 g/mol. The molecule has 0 radical (unpaired) electrons. The van der Waals surface area contributed by atoms with Crippen LogP contribution in [0.15, 0.2) is 42.5 Å². The molecular formula is C29H39NO2. The maximum atomic E-state index is 6.16. The Labute approximate surface area is 193 Å². The van der Waals surface area contributed by atoms with Gasteiger partial charge < -0.3 is 14.8 Å². The van der Waals surface area contributed by atoms with Gasteiger partial charge in [-0.1, -0.05) is 30.3 Å². The van der Waals surface area contributed by atoms with Gasteiger partial charge in [0.1, 0.15) is 6.61 Å². The molecule has 32 heavy (non-hydrogen) atoms. The fourth-order valence-corrected chi connectivity index (χ4v) is 7.17. The van der Waals surface area contributed by atoms with Crippen molar-refractivity contribution in [2.24, 2.45) is 23.2 Å². The quantitative estimate of drug-likeness (QED) is 0.479. The van der Waals surface area contributed by atoms with Crippen molar-refractivity contribution in [2.45, 2.75) is 78.5 Å². The highest BCUT2D eigenvalue weighted by molar-refractivity contribution is 5.43. The minimum absolute atomic E-state index is 0.536. The fraction of sp³-hybridized carbons (Fsp3) is 0.586. The highest BCUT2D eigenvalue weighted by Gasteiger charge is 2.52. The second kappa shape index (κ2) is 9.09. The molecule has 1 N–H and O–H groups in total. The first-order chi connectivity index (χ1) is 15.5. The summed E-state index contributed by atoms with van der Waals surface area (Å²) in [6, 6.07) is 15.4. The molecule has 3 nitrogen and oxygen atoms in total. The lowest BCUT2D eigenvalue weighted by Gasteiger charge is -2.59. The van der Waals surface area contributed by atoms with Crippen molar-refractivity contribution in [3.8, 4) is 11.5 Å². The lowest BCUT2D eigenvalue weighted by atomic mass is 9.48. The normalized spacial score (nSPS) is 29.2. The van der Waals surface area contributed by atoms with E-state index in [4.69, 9.17) is 9.47 Å². The molecule has 0 aliphatic heterocycles. The van der Waals surface area contributed by atoms with Crippen molar-refractivity contribution in [3.05, 3.63) is 59.2 Å². The fourth-order valence-electron chi connectivity index (χ4n) is 7.17. The van der Waals surface area contributed by atoms with E-state index in [-0.39, 0.29) is 0 Å². The molecule has 172 valence electrons. The largest absolute Gasteiger partial charge is 0.490 e. The predicted octanol–water partition coefficient (Wildman–Crippen LogP) is 6.67. The molecule has 2 aromatic carbocycles. The van der Waals surface area contributed by atoms with E-state index in [1.807, 2.05) is 6.92 Å². The van der Waals surface area contributed by atoms with E-state index in [0.717, 1.165) is 35.8 Å². The molecule has 1 unspecified atom stereocenters. The van der Waals surface area contributed by atoms with Crippen molar-refractivity contribution in [1.82, 2.24) is 5.32 Å². The van der Waals surface area contributed by atoms with Crippen molar-refractivity contribution < 1.29 is 9.47 Å². The van der Waals surface area contributed by atoms with Gasteiger partial charge in [0.15, 0.2) is 11.5 Å². The van der Waals surface area contributed by atoms with Crippen molar-refractivity contribution in [3.63, 3.8) is 0 Å². The molecule has 0 heterocycles.